The van der Waals surface area contributed by atoms with Gasteiger partial charge in [-0.05, 0) is 67.8 Å². The molecule has 1 heterocycles. The van der Waals surface area contributed by atoms with Gasteiger partial charge in [0.05, 0.1) is 10.6 Å². The number of anilines is 1. The molecule has 0 saturated heterocycles. The average Bonchev–Trinajstić information content (AvgIpc) is 2.47. The minimum absolute atomic E-state index is 0.0259. The van der Waals surface area contributed by atoms with E-state index in [2.05, 4.69) is 0 Å². The smallest absolute Gasteiger partial charge is 0.263 e. The molecule has 1 aliphatic heterocycles. The lowest BCUT2D eigenvalue weighted by molar-refractivity contribution is 0.559. The summed E-state index contributed by atoms with van der Waals surface area (Å²) in [6.07, 6.45) is 1.24. The van der Waals surface area contributed by atoms with Crippen molar-refractivity contribution in [3.8, 4) is 0 Å². The number of halogens is 2. The highest BCUT2D eigenvalue weighted by Crippen LogP contribution is 2.35. The van der Waals surface area contributed by atoms with Gasteiger partial charge in [-0.15, -0.1) is 0 Å². The van der Waals surface area contributed by atoms with E-state index in [0.29, 0.717) is 24.1 Å². The summed E-state index contributed by atoms with van der Waals surface area (Å²) in [6, 6.07) is 8.60. The predicted octanol–water partition coefficient (Wildman–Crippen LogP) is 3.49. The molecule has 22 heavy (non-hydrogen) atoms. The third-order valence-electron chi connectivity index (χ3n) is 3.88. The normalized spacial score (nSPS) is 18.1. The zero-order valence-corrected chi connectivity index (χ0v) is 12.8. The molecule has 0 saturated carbocycles. The highest BCUT2D eigenvalue weighted by molar-refractivity contribution is 7.92. The number of sulfonamides is 1. The Morgan fingerprint density at radius 3 is 2.36 bits per heavy atom. The van der Waals surface area contributed by atoms with E-state index in [-0.39, 0.29) is 16.8 Å². The van der Waals surface area contributed by atoms with Gasteiger partial charge in [-0.3, -0.25) is 4.31 Å². The second-order valence-electron chi connectivity index (χ2n) is 5.42. The number of nitrogens with zero attached hydrogens (tertiary/aromatic N) is 1. The molecule has 116 valence electrons. The molecule has 1 atom stereocenters. The van der Waals surface area contributed by atoms with Crippen molar-refractivity contribution in [2.45, 2.75) is 30.7 Å². The molecule has 0 amide bonds. The number of fused-ring (bicyclic) bond motifs is 1. The van der Waals surface area contributed by atoms with Gasteiger partial charge in [0.15, 0.2) is 0 Å². The van der Waals surface area contributed by atoms with E-state index >= 15 is 0 Å². The second-order valence-corrected chi connectivity index (χ2v) is 7.23. The topological polar surface area (TPSA) is 37.4 Å². The Labute approximate surface area is 128 Å². The van der Waals surface area contributed by atoms with Crippen LogP contribution in [0.3, 0.4) is 0 Å². The van der Waals surface area contributed by atoms with E-state index < -0.39 is 15.8 Å². The largest absolute Gasteiger partial charge is 0.264 e. The third-order valence-corrected chi connectivity index (χ3v) is 5.82. The molecule has 0 aromatic heterocycles. The second kappa shape index (κ2) is 5.35. The van der Waals surface area contributed by atoms with Gasteiger partial charge in [0.25, 0.3) is 10.0 Å². The Bertz CT molecular complexity index is 803. The molecule has 6 heteroatoms. The van der Waals surface area contributed by atoms with E-state index in [4.69, 9.17) is 0 Å². The Hall–Kier alpha value is -1.95. The zero-order chi connectivity index (χ0) is 15.9. The van der Waals surface area contributed by atoms with Gasteiger partial charge in [-0.25, -0.2) is 17.2 Å². The minimum Gasteiger partial charge on any atom is -0.263 e. The van der Waals surface area contributed by atoms with Crippen molar-refractivity contribution in [3.63, 3.8) is 0 Å². The van der Waals surface area contributed by atoms with E-state index in [0.717, 1.165) is 12.1 Å². The molecule has 3 rings (SSSR count). The summed E-state index contributed by atoms with van der Waals surface area (Å²) >= 11 is 0. The Balaban J connectivity index is 2.12. The first-order chi connectivity index (χ1) is 10.4. The highest BCUT2D eigenvalue weighted by atomic mass is 32.2. The number of rotatable bonds is 2. The Morgan fingerprint density at radius 1 is 1.05 bits per heavy atom. The first-order valence-electron chi connectivity index (χ1n) is 6.98. The Morgan fingerprint density at radius 2 is 1.68 bits per heavy atom. The molecule has 2 aromatic rings. The van der Waals surface area contributed by atoms with Crippen LogP contribution in [0, 0.1) is 11.6 Å². The van der Waals surface area contributed by atoms with Crippen molar-refractivity contribution in [3.05, 3.63) is 59.7 Å². The van der Waals surface area contributed by atoms with Gasteiger partial charge >= 0.3 is 0 Å². The van der Waals surface area contributed by atoms with Crippen molar-refractivity contribution in [2.75, 3.05) is 4.31 Å². The number of benzene rings is 2. The van der Waals surface area contributed by atoms with Crippen molar-refractivity contribution in [2.24, 2.45) is 0 Å². The molecule has 0 aliphatic carbocycles. The van der Waals surface area contributed by atoms with Gasteiger partial charge in [-0.2, -0.15) is 0 Å². The van der Waals surface area contributed by atoms with Crippen molar-refractivity contribution >= 4 is 15.7 Å². The van der Waals surface area contributed by atoms with Crippen LogP contribution in [0.15, 0.2) is 47.4 Å². The van der Waals surface area contributed by atoms with Crippen LogP contribution in [-0.2, 0) is 16.4 Å². The Kier molecular flexibility index (Phi) is 3.64. The predicted molar refractivity (Wildman–Crippen MR) is 80.2 cm³/mol. The van der Waals surface area contributed by atoms with E-state index in [9.17, 15) is 17.2 Å². The zero-order valence-electron chi connectivity index (χ0n) is 12.0. The monoisotopic (exact) mass is 323 g/mol. The van der Waals surface area contributed by atoms with Crippen molar-refractivity contribution in [1.29, 1.82) is 0 Å². The molecular weight excluding hydrogens is 308 g/mol. The van der Waals surface area contributed by atoms with Crippen LogP contribution in [0.5, 0.6) is 0 Å². The first-order valence-corrected chi connectivity index (χ1v) is 8.42. The third kappa shape index (κ3) is 2.47. The van der Waals surface area contributed by atoms with Gasteiger partial charge in [0.1, 0.15) is 11.6 Å². The number of aryl methyl sites for hydroxylation is 1. The van der Waals surface area contributed by atoms with E-state index in [1.807, 2.05) is 6.92 Å². The highest BCUT2D eigenvalue weighted by Gasteiger charge is 2.33. The van der Waals surface area contributed by atoms with Crippen LogP contribution in [0.4, 0.5) is 14.5 Å². The number of hydrogen-bond donors (Lipinski definition) is 0. The van der Waals surface area contributed by atoms with Crippen LogP contribution in [0.25, 0.3) is 0 Å². The van der Waals surface area contributed by atoms with Crippen LogP contribution in [0.2, 0.25) is 0 Å². The summed E-state index contributed by atoms with van der Waals surface area (Å²) in [5.41, 5.74) is 1.16. The fourth-order valence-electron chi connectivity index (χ4n) is 2.77. The fourth-order valence-corrected chi connectivity index (χ4v) is 4.50. The molecule has 0 bridgehead atoms. The van der Waals surface area contributed by atoms with Gasteiger partial charge < -0.3 is 0 Å². The van der Waals surface area contributed by atoms with Crippen LogP contribution in [-0.4, -0.2) is 14.5 Å². The molecule has 1 aliphatic rings. The molecule has 3 nitrogen and oxygen atoms in total. The van der Waals surface area contributed by atoms with Crippen molar-refractivity contribution in [1.82, 2.24) is 0 Å². The summed E-state index contributed by atoms with van der Waals surface area (Å²) in [5.74, 6) is -0.874. The first kappa shape index (κ1) is 15.0. The van der Waals surface area contributed by atoms with Gasteiger partial charge in [0.2, 0.25) is 0 Å². The quantitative estimate of drug-likeness (QED) is 0.848. The molecule has 0 spiro atoms. The molecule has 0 fully saturated rings. The summed E-state index contributed by atoms with van der Waals surface area (Å²) in [7, 11) is -3.81. The standard InChI is InChI=1S/C16H15F2NO2S/c1-11-2-3-12-10-14(18)6-9-16(12)19(11)22(20,21)15-7-4-13(17)5-8-15/h4-11H,2-3H2,1H3/t11-/m1/s1. The maximum atomic E-state index is 13.4. The summed E-state index contributed by atoms with van der Waals surface area (Å²) < 4.78 is 53.4. The average molecular weight is 323 g/mol. The maximum Gasteiger partial charge on any atom is 0.264 e. The number of hydrogen-bond acceptors (Lipinski definition) is 2. The molecule has 0 N–H and O–H groups in total. The van der Waals surface area contributed by atoms with E-state index in [1.54, 1.807) is 0 Å². The fraction of sp³-hybridized carbons (Fsp3) is 0.250. The maximum absolute atomic E-state index is 13.4. The van der Waals surface area contributed by atoms with E-state index in [1.165, 1.54) is 34.6 Å². The summed E-state index contributed by atoms with van der Waals surface area (Å²) in [6.45, 7) is 1.81. The lowest BCUT2D eigenvalue weighted by Gasteiger charge is -2.36. The SMILES string of the molecule is C[C@@H]1CCc2cc(F)ccc2N1S(=O)(=O)c1ccc(F)cc1. The molecule has 2 aromatic carbocycles. The molecule has 0 unspecified atom stereocenters. The molecular formula is C16H15F2NO2S. The minimum atomic E-state index is -3.81. The van der Waals surface area contributed by atoms with Gasteiger partial charge in [0, 0.05) is 6.04 Å². The van der Waals surface area contributed by atoms with Gasteiger partial charge in [-0.1, -0.05) is 0 Å². The summed E-state index contributed by atoms with van der Waals surface area (Å²) in [4.78, 5) is 0.0259. The van der Waals surface area contributed by atoms with Crippen LogP contribution >= 0.6 is 0 Å². The van der Waals surface area contributed by atoms with Crippen molar-refractivity contribution < 1.29 is 17.2 Å². The van der Waals surface area contributed by atoms with Crippen LogP contribution < -0.4 is 4.31 Å². The summed E-state index contributed by atoms with van der Waals surface area (Å²) in [5, 5.41) is 0. The lowest BCUT2D eigenvalue weighted by Crippen LogP contribution is -2.42. The van der Waals surface area contributed by atoms with Crippen LogP contribution in [0.1, 0.15) is 18.9 Å². The molecule has 0 radical (unpaired) electrons. The lowest BCUT2D eigenvalue weighted by atomic mass is 9.99.